The van der Waals surface area contributed by atoms with E-state index in [1.165, 1.54) is 16.6 Å². The molecule has 2 N–H and O–H groups in total. The van der Waals surface area contributed by atoms with Gasteiger partial charge in [-0.1, -0.05) is 36.4 Å². The Hall–Kier alpha value is -3.77. The van der Waals surface area contributed by atoms with Gasteiger partial charge in [0.1, 0.15) is 23.7 Å². The van der Waals surface area contributed by atoms with Gasteiger partial charge in [-0.05, 0) is 54.8 Å². The number of para-hydroxylation sites is 2. The van der Waals surface area contributed by atoms with Crippen LogP contribution in [0.2, 0.25) is 0 Å². The minimum absolute atomic E-state index is 0.0487. The summed E-state index contributed by atoms with van der Waals surface area (Å²) in [6.45, 7) is 3.27. The van der Waals surface area contributed by atoms with Gasteiger partial charge in [-0.2, -0.15) is 0 Å². The van der Waals surface area contributed by atoms with Gasteiger partial charge in [0.05, 0.1) is 19.8 Å². The first-order valence-electron chi connectivity index (χ1n) is 11.6. The molecule has 0 spiro atoms. The molecule has 0 unspecified atom stereocenters. The van der Waals surface area contributed by atoms with E-state index in [4.69, 9.17) is 14.2 Å². The van der Waals surface area contributed by atoms with Crippen molar-refractivity contribution < 1.29 is 19.0 Å². The number of hydrogen-bond donors (Lipinski definition) is 2. The molecule has 174 valence electrons. The lowest BCUT2D eigenvalue weighted by Crippen LogP contribution is -2.30. The first kappa shape index (κ1) is 22.0. The summed E-state index contributed by atoms with van der Waals surface area (Å²) >= 11 is 0. The van der Waals surface area contributed by atoms with Crippen LogP contribution in [-0.2, 0) is 17.8 Å². The fourth-order valence-corrected chi connectivity index (χ4v) is 4.68. The molecule has 0 saturated carbocycles. The molecular weight excluding hydrogens is 428 g/mol. The van der Waals surface area contributed by atoms with Crippen LogP contribution in [0.25, 0.3) is 10.9 Å². The Morgan fingerprint density at radius 3 is 2.71 bits per heavy atom. The number of fused-ring (bicyclic) bond motifs is 3. The van der Waals surface area contributed by atoms with Crippen molar-refractivity contribution in [2.45, 2.75) is 26.0 Å². The Kier molecular flexibility index (Phi) is 6.23. The molecule has 5 rings (SSSR count). The highest BCUT2D eigenvalue weighted by Crippen LogP contribution is 2.35. The SMILES string of the molecule is CCOC(=O)c1ccccc1OCc1cc([C@@H]2NCCc3c2[nH]c2ccccc32)ccc1OC. The van der Waals surface area contributed by atoms with E-state index in [9.17, 15) is 4.79 Å². The van der Waals surface area contributed by atoms with Crippen LogP contribution in [0.3, 0.4) is 0 Å². The maximum Gasteiger partial charge on any atom is 0.341 e. The lowest BCUT2D eigenvalue weighted by atomic mass is 9.93. The quantitative estimate of drug-likeness (QED) is 0.376. The third-order valence-corrected chi connectivity index (χ3v) is 6.26. The largest absolute Gasteiger partial charge is 0.496 e. The molecule has 1 atom stereocenters. The average molecular weight is 457 g/mol. The second kappa shape index (κ2) is 9.61. The number of esters is 1. The summed E-state index contributed by atoms with van der Waals surface area (Å²) in [6.07, 6.45) is 0.993. The van der Waals surface area contributed by atoms with Crippen LogP contribution in [0.5, 0.6) is 11.5 Å². The van der Waals surface area contributed by atoms with Crippen molar-refractivity contribution in [2.75, 3.05) is 20.3 Å². The lowest BCUT2D eigenvalue weighted by Gasteiger charge is -2.25. The number of hydrogen-bond acceptors (Lipinski definition) is 5. The number of carbonyl (C=O) groups excluding carboxylic acids is 1. The van der Waals surface area contributed by atoms with Crippen LogP contribution in [0, 0.1) is 0 Å². The minimum Gasteiger partial charge on any atom is -0.496 e. The Balaban J connectivity index is 1.45. The number of carbonyl (C=O) groups is 1. The van der Waals surface area contributed by atoms with E-state index >= 15 is 0 Å². The van der Waals surface area contributed by atoms with Crippen molar-refractivity contribution in [3.05, 3.63) is 94.7 Å². The van der Waals surface area contributed by atoms with E-state index in [-0.39, 0.29) is 12.6 Å². The number of benzene rings is 3. The van der Waals surface area contributed by atoms with E-state index < -0.39 is 5.97 Å². The number of H-pyrrole nitrogens is 1. The van der Waals surface area contributed by atoms with E-state index in [1.54, 1.807) is 32.2 Å². The number of rotatable bonds is 7. The van der Waals surface area contributed by atoms with Crippen LogP contribution in [-0.4, -0.2) is 31.2 Å². The van der Waals surface area contributed by atoms with Crippen LogP contribution >= 0.6 is 0 Å². The molecular formula is C28H28N2O4. The van der Waals surface area contributed by atoms with Crippen LogP contribution < -0.4 is 14.8 Å². The normalized spacial score (nSPS) is 15.1. The molecule has 0 amide bonds. The van der Waals surface area contributed by atoms with E-state index in [0.717, 1.165) is 35.4 Å². The van der Waals surface area contributed by atoms with E-state index in [1.807, 2.05) is 12.1 Å². The van der Waals surface area contributed by atoms with Gasteiger partial charge in [0.2, 0.25) is 0 Å². The highest BCUT2D eigenvalue weighted by molar-refractivity contribution is 5.92. The molecule has 34 heavy (non-hydrogen) atoms. The smallest absolute Gasteiger partial charge is 0.341 e. The first-order chi connectivity index (χ1) is 16.7. The topological polar surface area (TPSA) is 72.6 Å². The highest BCUT2D eigenvalue weighted by Gasteiger charge is 2.26. The van der Waals surface area contributed by atoms with Crippen LogP contribution in [0.4, 0.5) is 0 Å². The summed E-state index contributed by atoms with van der Waals surface area (Å²) in [4.78, 5) is 15.9. The van der Waals surface area contributed by atoms with Gasteiger partial charge in [0.25, 0.3) is 0 Å². The van der Waals surface area contributed by atoms with Crippen molar-refractivity contribution in [2.24, 2.45) is 0 Å². The molecule has 3 aromatic carbocycles. The molecule has 2 heterocycles. The fraction of sp³-hybridized carbons (Fsp3) is 0.250. The number of aromatic nitrogens is 1. The second-order valence-corrected chi connectivity index (χ2v) is 8.28. The Morgan fingerprint density at radius 2 is 1.85 bits per heavy atom. The standard InChI is InChI=1S/C28H28N2O4/c1-3-33-28(31)22-9-5-7-11-25(22)34-17-19-16-18(12-13-24(19)32-2)26-27-21(14-15-29-26)20-8-4-6-10-23(20)30-27/h4-13,16,26,29-30H,3,14-15,17H2,1-2H3/t26-/m0/s1. The molecule has 1 aliphatic rings. The first-order valence-corrected chi connectivity index (χ1v) is 11.6. The fourth-order valence-electron chi connectivity index (χ4n) is 4.68. The molecule has 1 aliphatic heterocycles. The van der Waals surface area contributed by atoms with E-state index in [2.05, 4.69) is 46.7 Å². The van der Waals surface area contributed by atoms with Gasteiger partial charge in [0, 0.05) is 28.7 Å². The van der Waals surface area contributed by atoms with Crippen LogP contribution in [0.1, 0.15) is 45.7 Å². The number of ether oxygens (including phenoxy) is 3. The van der Waals surface area contributed by atoms with Crippen molar-refractivity contribution in [3.8, 4) is 11.5 Å². The predicted molar refractivity (Wildman–Crippen MR) is 132 cm³/mol. The molecule has 0 bridgehead atoms. The summed E-state index contributed by atoms with van der Waals surface area (Å²) in [5, 5.41) is 4.94. The molecule has 1 aromatic heterocycles. The van der Waals surface area contributed by atoms with Crippen molar-refractivity contribution in [1.82, 2.24) is 10.3 Å². The van der Waals surface area contributed by atoms with Crippen LogP contribution in [0.15, 0.2) is 66.7 Å². The zero-order chi connectivity index (χ0) is 23.5. The molecule has 6 nitrogen and oxygen atoms in total. The third kappa shape index (κ3) is 4.13. The number of nitrogens with one attached hydrogen (secondary N) is 2. The summed E-state index contributed by atoms with van der Waals surface area (Å²) in [7, 11) is 1.65. The molecule has 4 aromatic rings. The third-order valence-electron chi connectivity index (χ3n) is 6.26. The van der Waals surface area contributed by atoms with E-state index in [0.29, 0.717) is 17.9 Å². The van der Waals surface area contributed by atoms with Gasteiger partial charge >= 0.3 is 5.97 Å². The summed E-state index contributed by atoms with van der Waals surface area (Å²) in [6, 6.07) is 21.8. The maximum absolute atomic E-state index is 12.3. The Labute approximate surface area is 198 Å². The molecule has 0 aliphatic carbocycles. The maximum atomic E-state index is 12.3. The summed E-state index contributed by atoms with van der Waals surface area (Å²) < 4.78 is 16.9. The lowest BCUT2D eigenvalue weighted by molar-refractivity contribution is 0.0521. The van der Waals surface area contributed by atoms with Crippen molar-refractivity contribution in [3.63, 3.8) is 0 Å². The van der Waals surface area contributed by atoms with Gasteiger partial charge < -0.3 is 24.5 Å². The number of aromatic amines is 1. The Morgan fingerprint density at radius 1 is 1.03 bits per heavy atom. The summed E-state index contributed by atoms with van der Waals surface area (Å²) in [5.41, 5.74) is 6.19. The molecule has 0 saturated heterocycles. The van der Waals surface area contributed by atoms with Gasteiger partial charge in [-0.25, -0.2) is 4.79 Å². The second-order valence-electron chi connectivity index (χ2n) is 8.28. The average Bonchev–Trinajstić information content (AvgIpc) is 3.26. The monoisotopic (exact) mass is 456 g/mol. The zero-order valence-corrected chi connectivity index (χ0v) is 19.4. The molecule has 0 radical (unpaired) electrons. The summed E-state index contributed by atoms with van der Waals surface area (Å²) in [5.74, 6) is 0.837. The molecule has 6 heteroatoms. The number of methoxy groups -OCH3 is 1. The van der Waals surface area contributed by atoms with Gasteiger partial charge in [-0.3, -0.25) is 0 Å². The molecule has 0 fully saturated rings. The van der Waals surface area contributed by atoms with Crippen molar-refractivity contribution >= 4 is 16.9 Å². The predicted octanol–water partition coefficient (Wildman–Crippen LogP) is 5.17. The zero-order valence-electron chi connectivity index (χ0n) is 19.4. The van der Waals surface area contributed by atoms with Crippen molar-refractivity contribution in [1.29, 1.82) is 0 Å². The van der Waals surface area contributed by atoms with Gasteiger partial charge in [0.15, 0.2) is 0 Å². The Bertz CT molecular complexity index is 1330. The highest BCUT2D eigenvalue weighted by atomic mass is 16.5. The van der Waals surface area contributed by atoms with Gasteiger partial charge in [-0.15, -0.1) is 0 Å². The minimum atomic E-state index is -0.392.